The van der Waals surface area contributed by atoms with Crippen LogP contribution in [-0.4, -0.2) is 28.5 Å². The summed E-state index contributed by atoms with van der Waals surface area (Å²) in [6.45, 7) is 3.87. The lowest BCUT2D eigenvalue weighted by Gasteiger charge is -2.17. The zero-order valence-electron chi connectivity index (χ0n) is 14.2. The summed E-state index contributed by atoms with van der Waals surface area (Å²) in [5.74, 6) is -0.143. The second-order valence-electron chi connectivity index (χ2n) is 5.75. The van der Waals surface area contributed by atoms with Gasteiger partial charge in [-0.1, -0.05) is 0 Å². The van der Waals surface area contributed by atoms with Crippen molar-refractivity contribution in [3.05, 3.63) is 40.8 Å². The van der Waals surface area contributed by atoms with Crippen LogP contribution in [0.2, 0.25) is 0 Å². The van der Waals surface area contributed by atoms with Gasteiger partial charge in [-0.15, -0.1) is 11.3 Å². The summed E-state index contributed by atoms with van der Waals surface area (Å²) in [5, 5.41) is 3.82. The van der Waals surface area contributed by atoms with Crippen LogP contribution < -0.4 is 21.5 Å². The van der Waals surface area contributed by atoms with Gasteiger partial charge < -0.3 is 21.5 Å². The first-order valence-electron chi connectivity index (χ1n) is 7.88. The molecule has 5 N–H and O–H groups in total. The van der Waals surface area contributed by atoms with E-state index >= 15 is 0 Å². The summed E-state index contributed by atoms with van der Waals surface area (Å²) in [5.41, 5.74) is 12.2. The van der Waals surface area contributed by atoms with Gasteiger partial charge in [-0.05, 0) is 31.5 Å². The molecule has 1 amide bonds. The van der Waals surface area contributed by atoms with Crippen molar-refractivity contribution < 1.29 is 13.9 Å². The smallest absolute Gasteiger partial charge is 0.259 e. The van der Waals surface area contributed by atoms with Crippen molar-refractivity contribution >= 4 is 39.0 Å². The summed E-state index contributed by atoms with van der Waals surface area (Å²) in [6, 6.07) is 4.15. The van der Waals surface area contributed by atoms with Gasteiger partial charge in [-0.2, -0.15) is 0 Å². The van der Waals surface area contributed by atoms with E-state index in [1.807, 2.05) is 0 Å². The summed E-state index contributed by atoms with van der Waals surface area (Å²) < 4.78 is 19.3. The number of fused-ring (bicyclic) bond motifs is 1. The maximum absolute atomic E-state index is 13.6. The Morgan fingerprint density at radius 3 is 2.88 bits per heavy atom. The van der Waals surface area contributed by atoms with Crippen molar-refractivity contribution in [1.29, 1.82) is 0 Å². The molecule has 0 saturated heterocycles. The first kappa shape index (κ1) is 18.0. The molecule has 2 aromatic heterocycles. The van der Waals surface area contributed by atoms with E-state index in [2.05, 4.69) is 15.3 Å². The molecule has 26 heavy (non-hydrogen) atoms. The molecule has 0 saturated carbocycles. The number of carbonyl (C=O) groups excluding carboxylic acids is 1. The molecule has 2 heterocycles. The molecule has 0 aliphatic rings. The number of anilines is 2. The maximum Gasteiger partial charge on any atom is 0.259 e. The number of primary amides is 1. The third-order valence-electron chi connectivity index (χ3n) is 3.81. The zero-order valence-corrected chi connectivity index (χ0v) is 15.1. The highest BCUT2D eigenvalue weighted by Gasteiger charge is 2.18. The average molecular weight is 375 g/mol. The number of hydrogen-bond acceptors (Lipinski definition) is 7. The molecule has 0 radical (unpaired) electrons. The molecular formula is C17H18FN5O2S. The van der Waals surface area contributed by atoms with E-state index in [1.165, 1.54) is 29.8 Å². The van der Waals surface area contributed by atoms with Gasteiger partial charge in [-0.3, -0.25) is 4.79 Å². The van der Waals surface area contributed by atoms with Crippen molar-refractivity contribution in [2.24, 2.45) is 11.5 Å². The van der Waals surface area contributed by atoms with Gasteiger partial charge in [0.15, 0.2) is 0 Å². The van der Waals surface area contributed by atoms with Gasteiger partial charge in [0.05, 0.1) is 16.0 Å². The topological polar surface area (TPSA) is 116 Å². The number of thiophene rings is 1. The number of benzene rings is 1. The molecule has 9 heteroatoms. The Labute approximate surface area is 153 Å². The number of aryl methyl sites for hydroxylation is 1. The fraction of sp³-hybridized carbons (Fsp3) is 0.235. The molecule has 0 unspecified atom stereocenters. The molecule has 1 aromatic carbocycles. The fourth-order valence-electron chi connectivity index (χ4n) is 2.49. The van der Waals surface area contributed by atoms with Crippen molar-refractivity contribution in [3.63, 3.8) is 0 Å². The van der Waals surface area contributed by atoms with Gasteiger partial charge in [0, 0.05) is 12.6 Å². The second-order valence-corrected chi connectivity index (χ2v) is 6.75. The van der Waals surface area contributed by atoms with Crippen LogP contribution in [0, 0.1) is 12.7 Å². The molecule has 7 nitrogen and oxygen atoms in total. The third-order valence-corrected chi connectivity index (χ3v) is 5.02. The number of carbonyl (C=O) groups is 1. The van der Waals surface area contributed by atoms with E-state index in [9.17, 15) is 9.18 Å². The minimum Gasteiger partial charge on any atom is -0.487 e. The van der Waals surface area contributed by atoms with Gasteiger partial charge in [0.1, 0.15) is 34.6 Å². The quantitative estimate of drug-likeness (QED) is 0.610. The normalized spacial score (nSPS) is 12.2. The van der Waals surface area contributed by atoms with Crippen LogP contribution in [0.4, 0.5) is 15.9 Å². The van der Waals surface area contributed by atoms with Gasteiger partial charge in [0.2, 0.25) is 0 Å². The van der Waals surface area contributed by atoms with Crippen LogP contribution in [-0.2, 0) is 0 Å². The number of halogens is 1. The predicted molar refractivity (Wildman–Crippen MR) is 99.5 cm³/mol. The standard InChI is InChI=1S/C17H18FN5O2S/c1-8(6-19)25-12-5-10(18)3-4-11(12)23-16-13-9(2)14(15(20)24)26-17(13)22-7-21-16/h3-5,7-8H,6,19H2,1-2H3,(H2,20,24)(H,21,22,23)/t8-/m0/s1. The number of nitrogens with zero attached hydrogens (tertiary/aromatic N) is 2. The van der Waals surface area contributed by atoms with Gasteiger partial charge in [-0.25, -0.2) is 14.4 Å². The summed E-state index contributed by atoms with van der Waals surface area (Å²) in [4.78, 5) is 21.1. The lowest BCUT2D eigenvalue weighted by Crippen LogP contribution is -2.23. The summed E-state index contributed by atoms with van der Waals surface area (Å²) in [7, 11) is 0. The zero-order chi connectivity index (χ0) is 18.8. The Morgan fingerprint density at radius 1 is 1.42 bits per heavy atom. The monoisotopic (exact) mass is 375 g/mol. The SMILES string of the molecule is Cc1c(C(N)=O)sc2ncnc(Nc3ccc(F)cc3O[C@@H](C)CN)c12. The van der Waals surface area contributed by atoms with Gasteiger partial charge in [0.25, 0.3) is 5.91 Å². The van der Waals surface area contributed by atoms with Crippen molar-refractivity contribution in [2.75, 3.05) is 11.9 Å². The fourth-order valence-corrected chi connectivity index (χ4v) is 3.49. The minimum atomic E-state index is -0.515. The Kier molecular flexibility index (Phi) is 5.01. The summed E-state index contributed by atoms with van der Waals surface area (Å²) >= 11 is 1.20. The minimum absolute atomic E-state index is 0.285. The van der Waals surface area contributed by atoms with Crippen molar-refractivity contribution in [3.8, 4) is 5.75 Å². The summed E-state index contributed by atoms with van der Waals surface area (Å²) in [6.07, 6.45) is 1.10. The molecule has 0 aliphatic carbocycles. The highest BCUT2D eigenvalue weighted by Crippen LogP contribution is 2.36. The number of ether oxygens (including phenoxy) is 1. The molecular weight excluding hydrogens is 357 g/mol. The number of nitrogens with two attached hydrogens (primary N) is 2. The largest absolute Gasteiger partial charge is 0.487 e. The Balaban J connectivity index is 2.06. The molecule has 0 spiro atoms. The highest BCUT2D eigenvalue weighted by atomic mass is 32.1. The molecule has 0 fully saturated rings. The van der Waals surface area contributed by atoms with Crippen LogP contribution in [0.1, 0.15) is 22.2 Å². The molecule has 3 aromatic rings. The Bertz CT molecular complexity index is 975. The van der Waals surface area contributed by atoms with E-state index < -0.39 is 11.7 Å². The average Bonchev–Trinajstić information content (AvgIpc) is 2.95. The predicted octanol–water partition coefficient (Wildman–Crippen LogP) is 2.71. The maximum atomic E-state index is 13.6. The van der Waals surface area contributed by atoms with E-state index in [-0.39, 0.29) is 6.10 Å². The first-order chi connectivity index (χ1) is 12.4. The lowest BCUT2D eigenvalue weighted by molar-refractivity contribution is 0.100. The molecule has 136 valence electrons. The second kappa shape index (κ2) is 7.22. The number of hydrogen-bond donors (Lipinski definition) is 3. The van der Waals surface area contributed by atoms with Crippen molar-refractivity contribution in [1.82, 2.24) is 9.97 Å². The number of nitrogens with one attached hydrogen (secondary N) is 1. The molecule has 0 bridgehead atoms. The number of rotatable bonds is 6. The van der Waals surface area contributed by atoms with E-state index in [1.54, 1.807) is 19.9 Å². The van der Waals surface area contributed by atoms with Crippen LogP contribution in [0.15, 0.2) is 24.5 Å². The van der Waals surface area contributed by atoms with E-state index in [0.717, 1.165) is 0 Å². The first-order valence-corrected chi connectivity index (χ1v) is 8.69. The van der Waals surface area contributed by atoms with Crippen LogP contribution in [0.5, 0.6) is 5.75 Å². The Morgan fingerprint density at radius 2 is 2.19 bits per heavy atom. The van der Waals surface area contributed by atoms with Crippen LogP contribution in [0.25, 0.3) is 10.2 Å². The van der Waals surface area contributed by atoms with Gasteiger partial charge >= 0.3 is 0 Å². The van der Waals surface area contributed by atoms with E-state index in [4.69, 9.17) is 16.2 Å². The van der Waals surface area contributed by atoms with Crippen LogP contribution >= 0.6 is 11.3 Å². The Hall–Kier alpha value is -2.78. The van der Waals surface area contributed by atoms with Crippen molar-refractivity contribution in [2.45, 2.75) is 20.0 Å². The number of aromatic nitrogens is 2. The number of amides is 1. The highest BCUT2D eigenvalue weighted by molar-refractivity contribution is 7.20. The molecule has 3 rings (SSSR count). The molecule has 1 atom stereocenters. The third kappa shape index (κ3) is 3.44. The lowest BCUT2D eigenvalue weighted by atomic mass is 10.2. The van der Waals surface area contributed by atoms with E-state index in [0.29, 0.717) is 44.5 Å². The van der Waals surface area contributed by atoms with Crippen LogP contribution in [0.3, 0.4) is 0 Å². The molecule has 0 aliphatic heterocycles.